The van der Waals surface area contributed by atoms with Crippen LogP contribution in [0.3, 0.4) is 0 Å². The molecule has 3 nitrogen and oxygen atoms in total. The first-order chi connectivity index (χ1) is 11.6. The lowest BCUT2D eigenvalue weighted by Gasteiger charge is -2.29. The Hall–Kier alpha value is -1.86. The maximum absolute atomic E-state index is 12.9. The molecule has 0 spiro atoms. The van der Waals surface area contributed by atoms with Crippen LogP contribution in [0.2, 0.25) is 0 Å². The molecule has 2 aromatic rings. The number of hydrogen-bond donors (Lipinski definition) is 1. The second-order valence-electron chi connectivity index (χ2n) is 6.10. The van der Waals surface area contributed by atoms with E-state index >= 15 is 0 Å². The average molecular weight is 371 g/mol. The average Bonchev–Trinajstić information content (AvgIpc) is 2.55. The molecule has 1 N–H and O–H groups in total. The molecular weight excluding hydrogens is 351 g/mol. The maximum Gasteiger partial charge on any atom is 0.421 e. The van der Waals surface area contributed by atoms with Gasteiger partial charge in [0.2, 0.25) is 0 Å². The lowest BCUT2D eigenvalue weighted by molar-refractivity contribution is -0.258. The molecule has 0 aromatic heterocycles. The minimum Gasteiger partial charge on any atom is -0.376 e. The van der Waals surface area contributed by atoms with Gasteiger partial charge in [0, 0.05) is 11.7 Å². The van der Waals surface area contributed by atoms with Crippen LogP contribution in [-0.2, 0) is 16.6 Å². The van der Waals surface area contributed by atoms with Gasteiger partial charge in [-0.2, -0.15) is 13.2 Å². The zero-order chi connectivity index (χ0) is 18.8. The molecule has 0 heterocycles. The molecule has 0 fully saturated rings. The van der Waals surface area contributed by atoms with Gasteiger partial charge in [0.05, 0.1) is 4.90 Å². The Morgan fingerprint density at radius 3 is 1.96 bits per heavy atom. The normalized spacial score (nSPS) is 15.7. The lowest BCUT2D eigenvalue weighted by Crippen LogP contribution is -2.39. The predicted octanol–water partition coefficient (Wildman–Crippen LogP) is 4.39. The molecular formula is C18H20F3NO2S. The molecule has 0 saturated heterocycles. The number of rotatable bonds is 5. The van der Waals surface area contributed by atoms with Gasteiger partial charge >= 0.3 is 6.18 Å². The predicted molar refractivity (Wildman–Crippen MR) is 92.5 cm³/mol. The topological polar surface area (TPSA) is 40.5 Å². The SMILES string of the molecule is CC(C)N(c1ccc(C(C)(O)C(F)(F)F)cc1)S(=O)c1ccccc1. The maximum atomic E-state index is 12.9. The summed E-state index contributed by atoms with van der Waals surface area (Å²) in [5.41, 5.74) is -2.69. The smallest absolute Gasteiger partial charge is 0.376 e. The monoisotopic (exact) mass is 371 g/mol. The van der Waals surface area contributed by atoms with Crippen LogP contribution in [0.5, 0.6) is 0 Å². The number of aliphatic hydroxyl groups is 1. The lowest BCUT2D eigenvalue weighted by atomic mass is 9.95. The molecule has 0 aliphatic heterocycles. The van der Waals surface area contributed by atoms with Gasteiger partial charge in [-0.15, -0.1) is 0 Å². The Morgan fingerprint density at radius 2 is 1.52 bits per heavy atom. The number of nitrogens with zero attached hydrogens (tertiary/aromatic N) is 1. The zero-order valence-electron chi connectivity index (χ0n) is 14.1. The molecule has 2 aromatic carbocycles. The van der Waals surface area contributed by atoms with Gasteiger partial charge in [-0.25, -0.2) is 4.21 Å². The number of alkyl halides is 3. The number of hydrogen-bond acceptors (Lipinski definition) is 2. The van der Waals surface area contributed by atoms with Gasteiger partial charge < -0.3 is 5.11 Å². The van der Waals surface area contributed by atoms with Crippen molar-refractivity contribution in [3.8, 4) is 0 Å². The highest BCUT2D eigenvalue weighted by Gasteiger charge is 2.51. The fraction of sp³-hybridized carbons (Fsp3) is 0.333. The van der Waals surface area contributed by atoms with E-state index in [-0.39, 0.29) is 11.6 Å². The van der Waals surface area contributed by atoms with Crippen LogP contribution in [0, 0.1) is 0 Å². The Balaban J connectivity index is 2.37. The fourth-order valence-electron chi connectivity index (χ4n) is 2.33. The van der Waals surface area contributed by atoms with E-state index in [1.807, 2.05) is 19.9 Å². The summed E-state index contributed by atoms with van der Waals surface area (Å²) >= 11 is 0. The molecule has 0 saturated carbocycles. The second kappa shape index (κ2) is 7.17. The van der Waals surface area contributed by atoms with Crippen molar-refractivity contribution in [2.24, 2.45) is 0 Å². The fourth-order valence-corrected chi connectivity index (χ4v) is 3.65. The van der Waals surface area contributed by atoms with E-state index in [4.69, 9.17) is 0 Å². The van der Waals surface area contributed by atoms with Crippen LogP contribution < -0.4 is 4.31 Å². The summed E-state index contributed by atoms with van der Waals surface area (Å²) in [6.07, 6.45) is -4.78. The van der Waals surface area contributed by atoms with E-state index in [0.717, 1.165) is 0 Å². The molecule has 0 radical (unpaired) electrons. The zero-order valence-corrected chi connectivity index (χ0v) is 14.9. The van der Waals surface area contributed by atoms with Crippen LogP contribution in [0.1, 0.15) is 26.3 Å². The van der Waals surface area contributed by atoms with Crippen LogP contribution in [0.4, 0.5) is 18.9 Å². The van der Waals surface area contributed by atoms with Gasteiger partial charge in [-0.1, -0.05) is 30.3 Å². The molecule has 2 atom stereocenters. The van der Waals surface area contributed by atoms with Gasteiger partial charge in [0.15, 0.2) is 16.6 Å². The molecule has 2 unspecified atom stereocenters. The minimum atomic E-state index is -4.78. The van der Waals surface area contributed by atoms with Crippen LogP contribution >= 0.6 is 0 Å². The molecule has 25 heavy (non-hydrogen) atoms. The van der Waals surface area contributed by atoms with Crippen molar-refractivity contribution >= 4 is 16.7 Å². The third-order valence-corrected chi connectivity index (χ3v) is 5.49. The standard InChI is InChI=1S/C18H20F3NO2S/c1-13(2)22(25(24)16-7-5-4-6-8-16)15-11-9-14(10-12-15)17(3,23)18(19,20)21/h4-13,23H,1-3H3. The molecule has 0 amide bonds. The van der Waals surface area contributed by atoms with Crippen molar-refractivity contribution in [3.63, 3.8) is 0 Å². The third kappa shape index (κ3) is 4.04. The molecule has 7 heteroatoms. The summed E-state index contributed by atoms with van der Waals surface area (Å²) in [4.78, 5) is 0.600. The quantitative estimate of drug-likeness (QED) is 0.847. The largest absolute Gasteiger partial charge is 0.421 e. The molecule has 0 aliphatic rings. The molecule has 0 bridgehead atoms. The Labute approximate surface area is 147 Å². The Bertz CT molecular complexity index is 728. The Kier molecular flexibility index (Phi) is 5.58. The first kappa shape index (κ1) is 19.5. The Morgan fingerprint density at radius 1 is 1.00 bits per heavy atom. The number of anilines is 1. The summed E-state index contributed by atoms with van der Waals surface area (Å²) in [6.45, 7) is 4.41. The first-order valence-electron chi connectivity index (χ1n) is 7.71. The van der Waals surface area contributed by atoms with Crippen LogP contribution in [0.15, 0.2) is 59.5 Å². The van der Waals surface area contributed by atoms with Crippen molar-refractivity contribution in [1.82, 2.24) is 0 Å². The second-order valence-corrected chi connectivity index (χ2v) is 7.46. The van der Waals surface area contributed by atoms with Crippen molar-refractivity contribution in [3.05, 3.63) is 60.2 Å². The van der Waals surface area contributed by atoms with E-state index in [9.17, 15) is 22.5 Å². The molecule has 2 rings (SSSR count). The van der Waals surface area contributed by atoms with Crippen molar-refractivity contribution in [1.29, 1.82) is 0 Å². The summed E-state index contributed by atoms with van der Waals surface area (Å²) in [5, 5.41) is 9.75. The van der Waals surface area contributed by atoms with Crippen molar-refractivity contribution < 1.29 is 22.5 Å². The molecule has 0 aliphatic carbocycles. The van der Waals surface area contributed by atoms with Gasteiger partial charge in [-0.05, 0) is 50.6 Å². The van der Waals surface area contributed by atoms with E-state index in [0.29, 0.717) is 17.5 Å². The van der Waals surface area contributed by atoms with E-state index in [1.165, 1.54) is 24.3 Å². The van der Waals surface area contributed by atoms with E-state index in [2.05, 4.69) is 0 Å². The van der Waals surface area contributed by atoms with Gasteiger partial charge in [0.25, 0.3) is 0 Å². The highest BCUT2D eigenvalue weighted by atomic mass is 32.2. The highest BCUT2D eigenvalue weighted by Crippen LogP contribution is 2.39. The number of halogens is 3. The summed E-state index contributed by atoms with van der Waals surface area (Å²) < 4.78 is 53.3. The van der Waals surface area contributed by atoms with Crippen LogP contribution in [0.25, 0.3) is 0 Å². The van der Waals surface area contributed by atoms with Gasteiger partial charge in [0.1, 0.15) is 0 Å². The summed E-state index contributed by atoms with van der Waals surface area (Å²) in [5.74, 6) is 0. The van der Waals surface area contributed by atoms with Gasteiger partial charge in [-0.3, -0.25) is 4.31 Å². The molecule has 136 valence electrons. The van der Waals surface area contributed by atoms with E-state index < -0.39 is 22.8 Å². The third-order valence-electron chi connectivity index (χ3n) is 3.83. The first-order valence-corrected chi connectivity index (χ1v) is 8.82. The van der Waals surface area contributed by atoms with Crippen molar-refractivity contribution in [2.45, 2.75) is 43.5 Å². The summed E-state index contributed by atoms with van der Waals surface area (Å²) in [6, 6.07) is 14.0. The summed E-state index contributed by atoms with van der Waals surface area (Å²) in [7, 11) is -1.50. The highest BCUT2D eigenvalue weighted by molar-refractivity contribution is 7.86. The van der Waals surface area contributed by atoms with Crippen molar-refractivity contribution in [2.75, 3.05) is 4.31 Å². The van der Waals surface area contributed by atoms with Crippen LogP contribution in [-0.4, -0.2) is 21.5 Å². The minimum absolute atomic E-state index is 0.144. The van der Waals surface area contributed by atoms with E-state index in [1.54, 1.807) is 28.6 Å². The number of benzene rings is 2.